The molecule has 0 aromatic heterocycles. The highest BCUT2D eigenvalue weighted by Crippen LogP contribution is 2.29. The number of nitrogens with one attached hydrogen (secondary N) is 2. The summed E-state index contributed by atoms with van der Waals surface area (Å²) in [6, 6.07) is 9.94. The van der Waals surface area contributed by atoms with Crippen LogP contribution in [0.15, 0.2) is 42.5 Å². The van der Waals surface area contributed by atoms with E-state index in [1.165, 1.54) is 12.1 Å². The van der Waals surface area contributed by atoms with Crippen molar-refractivity contribution in [3.05, 3.63) is 64.7 Å². The average molecular weight is 380 g/mol. The van der Waals surface area contributed by atoms with Crippen LogP contribution in [0.3, 0.4) is 0 Å². The zero-order chi connectivity index (χ0) is 20.0. The van der Waals surface area contributed by atoms with Gasteiger partial charge in [-0.15, -0.1) is 0 Å². The Kier molecular flexibility index (Phi) is 6.44. The number of hydrogen-bond acceptors (Lipinski definition) is 3. The van der Waals surface area contributed by atoms with E-state index >= 15 is 0 Å². The van der Waals surface area contributed by atoms with Crippen LogP contribution in [0, 0.1) is 13.8 Å². The van der Waals surface area contributed by atoms with Gasteiger partial charge in [-0.1, -0.05) is 24.3 Å². The van der Waals surface area contributed by atoms with Crippen molar-refractivity contribution in [2.45, 2.75) is 26.4 Å². The maximum absolute atomic E-state index is 12.7. The van der Waals surface area contributed by atoms with Crippen molar-refractivity contribution in [3.63, 3.8) is 0 Å². The summed E-state index contributed by atoms with van der Waals surface area (Å²) in [6.45, 7) is 3.48. The number of rotatable bonds is 5. The van der Waals surface area contributed by atoms with Gasteiger partial charge in [-0.25, -0.2) is 0 Å². The average Bonchev–Trinajstić information content (AvgIpc) is 2.57. The third kappa shape index (κ3) is 6.65. The third-order valence-electron chi connectivity index (χ3n) is 3.53. The van der Waals surface area contributed by atoms with Crippen molar-refractivity contribution < 1.29 is 27.5 Å². The van der Waals surface area contributed by atoms with Gasteiger partial charge in [-0.2, -0.15) is 13.2 Å². The molecule has 0 saturated carbocycles. The summed E-state index contributed by atoms with van der Waals surface area (Å²) >= 11 is 0. The van der Waals surface area contributed by atoms with E-state index in [1.807, 2.05) is 19.9 Å². The van der Waals surface area contributed by atoms with E-state index in [2.05, 4.69) is 10.9 Å². The van der Waals surface area contributed by atoms with Crippen LogP contribution in [0.25, 0.3) is 0 Å². The number of carbonyl (C=O) groups is 2. The summed E-state index contributed by atoms with van der Waals surface area (Å²) in [6.07, 6.45) is -4.78. The van der Waals surface area contributed by atoms with Gasteiger partial charge in [-0.05, 0) is 48.7 Å². The fourth-order valence-corrected chi connectivity index (χ4v) is 2.43. The van der Waals surface area contributed by atoms with E-state index in [4.69, 9.17) is 4.74 Å². The van der Waals surface area contributed by atoms with E-state index in [-0.39, 0.29) is 18.6 Å². The first kappa shape index (κ1) is 20.3. The molecule has 0 atom stereocenters. The van der Waals surface area contributed by atoms with E-state index in [9.17, 15) is 22.8 Å². The lowest BCUT2D eigenvalue weighted by atomic mass is 10.1. The maximum atomic E-state index is 12.7. The fraction of sp³-hybridized carbons (Fsp3) is 0.263. The van der Waals surface area contributed by atoms with Gasteiger partial charge in [-0.3, -0.25) is 20.4 Å². The quantitative estimate of drug-likeness (QED) is 0.784. The normalized spacial score (nSPS) is 11.0. The molecular formula is C19H19F3N2O3. The fourth-order valence-electron chi connectivity index (χ4n) is 2.43. The van der Waals surface area contributed by atoms with Crippen molar-refractivity contribution in [2.75, 3.05) is 6.61 Å². The molecule has 2 N–H and O–H groups in total. The zero-order valence-corrected chi connectivity index (χ0v) is 14.8. The number of hydrazine groups is 1. The molecule has 0 fully saturated rings. The Morgan fingerprint density at radius 2 is 1.59 bits per heavy atom. The number of amides is 2. The van der Waals surface area contributed by atoms with Crippen molar-refractivity contribution in [3.8, 4) is 5.75 Å². The molecule has 0 heterocycles. The van der Waals surface area contributed by atoms with Gasteiger partial charge < -0.3 is 4.74 Å². The van der Waals surface area contributed by atoms with Crippen LogP contribution >= 0.6 is 0 Å². The first-order valence-electron chi connectivity index (χ1n) is 8.08. The van der Waals surface area contributed by atoms with Crippen molar-refractivity contribution >= 4 is 11.8 Å². The van der Waals surface area contributed by atoms with Gasteiger partial charge in [0.05, 0.1) is 12.0 Å². The predicted molar refractivity (Wildman–Crippen MR) is 92.8 cm³/mol. The SMILES string of the molecule is Cc1cc(C)cc(OCC(=O)NNC(=O)Cc2cccc(C(F)(F)F)c2)c1. The van der Waals surface area contributed by atoms with Crippen LogP contribution in [0.4, 0.5) is 13.2 Å². The molecule has 144 valence electrons. The maximum Gasteiger partial charge on any atom is 0.416 e. The number of halogens is 3. The Bertz CT molecular complexity index is 815. The Morgan fingerprint density at radius 3 is 2.22 bits per heavy atom. The summed E-state index contributed by atoms with van der Waals surface area (Å²) in [5.74, 6) is -0.710. The molecule has 0 unspecified atom stereocenters. The Morgan fingerprint density at radius 1 is 0.963 bits per heavy atom. The standard InChI is InChI=1S/C19H19F3N2O3/c1-12-6-13(2)8-16(7-12)27-11-18(26)24-23-17(25)10-14-4-3-5-15(9-14)19(20,21)22/h3-9H,10-11H2,1-2H3,(H,23,25)(H,24,26). The molecule has 2 amide bonds. The van der Waals surface area contributed by atoms with Gasteiger partial charge in [0, 0.05) is 0 Å². The van der Waals surface area contributed by atoms with Gasteiger partial charge in [0.1, 0.15) is 5.75 Å². The second kappa shape index (κ2) is 8.57. The molecule has 0 bridgehead atoms. The molecule has 0 aliphatic carbocycles. The highest BCUT2D eigenvalue weighted by molar-refractivity contribution is 5.83. The topological polar surface area (TPSA) is 67.4 Å². The largest absolute Gasteiger partial charge is 0.484 e. The second-order valence-electron chi connectivity index (χ2n) is 6.08. The Labute approximate surface area is 154 Å². The number of benzene rings is 2. The van der Waals surface area contributed by atoms with Crippen molar-refractivity contribution in [2.24, 2.45) is 0 Å². The molecule has 0 saturated heterocycles. The van der Waals surface area contributed by atoms with Crippen LogP contribution in [-0.2, 0) is 22.2 Å². The minimum Gasteiger partial charge on any atom is -0.484 e. The van der Waals surface area contributed by atoms with Crippen LogP contribution < -0.4 is 15.6 Å². The van der Waals surface area contributed by atoms with Crippen LogP contribution in [-0.4, -0.2) is 18.4 Å². The van der Waals surface area contributed by atoms with Gasteiger partial charge in [0.25, 0.3) is 5.91 Å². The second-order valence-corrected chi connectivity index (χ2v) is 6.08. The summed E-state index contributed by atoms with van der Waals surface area (Å²) < 4.78 is 43.3. The monoisotopic (exact) mass is 380 g/mol. The number of hydrogen-bond donors (Lipinski definition) is 2. The molecule has 2 aromatic carbocycles. The molecule has 0 aliphatic rings. The highest BCUT2D eigenvalue weighted by atomic mass is 19.4. The van der Waals surface area contributed by atoms with Crippen molar-refractivity contribution in [1.82, 2.24) is 10.9 Å². The minimum atomic E-state index is -4.48. The predicted octanol–water partition coefficient (Wildman–Crippen LogP) is 3.09. The van der Waals surface area contributed by atoms with Crippen LogP contribution in [0.2, 0.25) is 0 Å². The zero-order valence-electron chi connectivity index (χ0n) is 14.8. The van der Waals surface area contributed by atoms with Crippen LogP contribution in [0.5, 0.6) is 5.75 Å². The first-order chi connectivity index (χ1) is 12.6. The molecular weight excluding hydrogens is 361 g/mol. The molecule has 0 aliphatic heterocycles. The van der Waals surface area contributed by atoms with Crippen LogP contribution in [0.1, 0.15) is 22.3 Å². The van der Waals surface area contributed by atoms with Gasteiger partial charge in [0.2, 0.25) is 5.91 Å². The van der Waals surface area contributed by atoms with E-state index in [1.54, 1.807) is 12.1 Å². The number of ether oxygens (including phenoxy) is 1. The van der Waals surface area contributed by atoms with E-state index in [0.29, 0.717) is 5.75 Å². The smallest absolute Gasteiger partial charge is 0.416 e. The first-order valence-corrected chi connectivity index (χ1v) is 8.08. The lowest BCUT2D eigenvalue weighted by Gasteiger charge is -2.11. The molecule has 27 heavy (non-hydrogen) atoms. The number of carbonyl (C=O) groups excluding carboxylic acids is 2. The van der Waals surface area contributed by atoms with E-state index in [0.717, 1.165) is 23.3 Å². The molecule has 5 nitrogen and oxygen atoms in total. The summed E-state index contributed by atoms with van der Waals surface area (Å²) in [4.78, 5) is 23.5. The molecule has 8 heteroatoms. The Balaban J connectivity index is 1.80. The molecule has 0 spiro atoms. The summed E-state index contributed by atoms with van der Waals surface area (Å²) in [5, 5.41) is 0. The van der Waals surface area contributed by atoms with E-state index < -0.39 is 23.6 Å². The van der Waals surface area contributed by atoms with Gasteiger partial charge >= 0.3 is 6.18 Å². The van der Waals surface area contributed by atoms with Gasteiger partial charge in [0.15, 0.2) is 6.61 Å². The summed E-state index contributed by atoms with van der Waals surface area (Å²) in [5.41, 5.74) is 5.63. The molecule has 2 aromatic rings. The number of alkyl halides is 3. The van der Waals surface area contributed by atoms with Crippen molar-refractivity contribution in [1.29, 1.82) is 0 Å². The Hall–Kier alpha value is -3.03. The summed E-state index contributed by atoms with van der Waals surface area (Å²) in [7, 11) is 0. The highest BCUT2D eigenvalue weighted by Gasteiger charge is 2.30. The number of aryl methyl sites for hydroxylation is 2. The molecule has 0 radical (unpaired) electrons. The third-order valence-corrected chi connectivity index (χ3v) is 3.53. The minimum absolute atomic E-state index is 0.183. The lowest BCUT2D eigenvalue weighted by molar-refractivity contribution is -0.137. The molecule has 2 rings (SSSR count). The lowest BCUT2D eigenvalue weighted by Crippen LogP contribution is -2.44.